The van der Waals surface area contributed by atoms with Gasteiger partial charge in [-0.3, -0.25) is 9.59 Å². The molecule has 0 radical (unpaired) electrons. The predicted octanol–water partition coefficient (Wildman–Crippen LogP) is 0.578. The van der Waals surface area contributed by atoms with Crippen LogP contribution in [0.15, 0.2) is 11.7 Å². The number of hydrogen-bond acceptors (Lipinski definition) is 10. The van der Waals surface area contributed by atoms with Crippen molar-refractivity contribution in [2.45, 2.75) is 70.2 Å². The van der Waals surface area contributed by atoms with Gasteiger partial charge in [-0.15, -0.1) is 15.3 Å². The Morgan fingerprint density at radius 1 is 1.28 bits per heavy atom. The summed E-state index contributed by atoms with van der Waals surface area (Å²) in [5.41, 5.74) is 2.13. The van der Waals surface area contributed by atoms with Crippen molar-refractivity contribution in [1.29, 1.82) is 0 Å². The third-order valence-electron chi connectivity index (χ3n) is 6.97. The number of β-amino-alcohol motifs (C(OH)–C–C–N with tert-alkyl or cyclic N) is 1. The molecule has 2 saturated heterocycles. The van der Waals surface area contributed by atoms with Crippen molar-refractivity contribution in [3.8, 4) is 0 Å². The topological polar surface area (TPSA) is 139 Å². The number of ether oxygens (including phenoxy) is 1. The van der Waals surface area contributed by atoms with Crippen LogP contribution in [0.4, 0.5) is 5.13 Å². The van der Waals surface area contributed by atoms with E-state index in [1.165, 1.54) is 16.2 Å². The smallest absolute Gasteiger partial charge is 0.248 e. The van der Waals surface area contributed by atoms with Crippen LogP contribution in [0.2, 0.25) is 0 Å². The fourth-order valence-electron chi connectivity index (χ4n) is 4.98. The van der Waals surface area contributed by atoms with E-state index in [4.69, 9.17) is 4.74 Å². The summed E-state index contributed by atoms with van der Waals surface area (Å²) in [4.78, 5) is 30.7. The second-order valence-electron chi connectivity index (χ2n) is 11.0. The number of carbonyl (C=O) groups is 2. The molecule has 12 nitrogen and oxygen atoms in total. The molecule has 196 valence electrons. The molecule has 2 aromatic rings. The highest BCUT2D eigenvalue weighted by molar-refractivity contribution is 7.13. The highest BCUT2D eigenvalue weighted by atomic mass is 32.1. The van der Waals surface area contributed by atoms with Crippen LogP contribution in [0.1, 0.15) is 57.7 Å². The Kier molecular flexibility index (Phi) is 6.97. The molecule has 1 aliphatic carbocycles. The Morgan fingerprint density at radius 3 is 2.78 bits per heavy atom. The second-order valence-corrected chi connectivity index (χ2v) is 11.8. The molecule has 4 heterocycles. The molecule has 0 spiro atoms. The summed E-state index contributed by atoms with van der Waals surface area (Å²) in [6.07, 6.45) is 3.27. The molecule has 36 heavy (non-hydrogen) atoms. The maximum atomic E-state index is 13.8. The molecule has 2 N–H and O–H groups in total. The van der Waals surface area contributed by atoms with Gasteiger partial charge in [0.25, 0.3) is 0 Å². The van der Waals surface area contributed by atoms with Crippen LogP contribution in [0, 0.1) is 5.41 Å². The Bertz CT molecular complexity index is 1070. The van der Waals surface area contributed by atoms with E-state index in [2.05, 4.69) is 30.7 Å². The summed E-state index contributed by atoms with van der Waals surface area (Å²) in [6, 6.07) is -1.40. The quantitative estimate of drug-likeness (QED) is 0.539. The summed E-state index contributed by atoms with van der Waals surface area (Å²) < 4.78 is 7.47. The number of nitrogens with zero attached hydrogens (tertiary/aromatic N) is 7. The fourth-order valence-corrected chi connectivity index (χ4v) is 5.58. The first kappa shape index (κ1) is 25.0. The first-order valence-corrected chi connectivity index (χ1v) is 13.4. The first-order valence-electron chi connectivity index (χ1n) is 12.5. The van der Waals surface area contributed by atoms with E-state index < -0.39 is 23.6 Å². The van der Waals surface area contributed by atoms with Crippen LogP contribution in [0.3, 0.4) is 0 Å². The molecule has 2 aliphatic heterocycles. The van der Waals surface area contributed by atoms with E-state index in [1.54, 1.807) is 10.2 Å². The molecule has 2 amide bonds. The summed E-state index contributed by atoms with van der Waals surface area (Å²) in [7, 11) is 0. The molecule has 0 aromatic carbocycles. The van der Waals surface area contributed by atoms with Gasteiger partial charge in [0, 0.05) is 44.7 Å². The van der Waals surface area contributed by atoms with Crippen LogP contribution in [0.5, 0.6) is 0 Å². The number of carbonyl (C=O) groups excluding carboxylic acids is 2. The van der Waals surface area contributed by atoms with Gasteiger partial charge in [0.15, 0.2) is 0 Å². The van der Waals surface area contributed by atoms with E-state index >= 15 is 0 Å². The zero-order valence-electron chi connectivity index (χ0n) is 20.9. The molecule has 5 rings (SSSR count). The third kappa shape index (κ3) is 5.37. The molecule has 3 fully saturated rings. The van der Waals surface area contributed by atoms with Gasteiger partial charge in [0.05, 0.1) is 24.5 Å². The number of rotatable bonds is 7. The monoisotopic (exact) mass is 518 g/mol. The minimum absolute atomic E-state index is 0.110. The zero-order valence-corrected chi connectivity index (χ0v) is 21.7. The second kappa shape index (κ2) is 10.0. The Hall–Kier alpha value is -2.64. The van der Waals surface area contributed by atoms with Crippen LogP contribution < -0.4 is 10.2 Å². The van der Waals surface area contributed by atoms with Gasteiger partial charge in [0.2, 0.25) is 16.9 Å². The van der Waals surface area contributed by atoms with E-state index in [0.717, 1.165) is 30.2 Å². The number of aliphatic hydroxyl groups is 1. The minimum atomic E-state index is -0.762. The van der Waals surface area contributed by atoms with Crippen LogP contribution >= 0.6 is 11.3 Å². The maximum Gasteiger partial charge on any atom is 0.248 e. The highest BCUT2D eigenvalue weighted by Crippen LogP contribution is 2.40. The molecule has 1 saturated carbocycles. The van der Waals surface area contributed by atoms with Crippen LogP contribution in [0.25, 0.3) is 0 Å². The van der Waals surface area contributed by atoms with Crippen molar-refractivity contribution in [2.24, 2.45) is 5.41 Å². The number of aliphatic hydroxyl groups excluding tert-OH is 1. The number of hydrogen-bond donors (Lipinski definition) is 2. The normalized spacial score (nSPS) is 25.7. The van der Waals surface area contributed by atoms with Crippen molar-refractivity contribution in [2.75, 3.05) is 37.7 Å². The highest BCUT2D eigenvalue weighted by Gasteiger charge is 2.45. The Morgan fingerprint density at radius 2 is 2.08 bits per heavy atom. The van der Waals surface area contributed by atoms with E-state index in [0.29, 0.717) is 25.6 Å². The van der Waals surface area contributed by atoms with Gasteiger partial charge in [-0.2, -0.15) is 0 Å². The maximum absolute atomic E-state index is 13.8. The van der Waals surface area contributed by atoms with Crippen molar-refractivity contribution in [3.63, 3.8) is 0 Å². The van der Waals surface area contributed by atoms with E-state index in [-0.39, 0.29) is 30.9 Å². The molecule has 0 bridgehead atoms. The van der Waals surface area contributed by atoms with Crippen molar-refractivity contribution in [1.82, 2.24) is 35.4 Å². The predicted molar refractivity (Wildman–Crippen MR) is 131 cm³/mol. The molecule has 13 heteroatoms. The van der Waals surface area contributed by atoms with Crippen molar-refractivity contribution < 1.29 is 19.4 Å². The SMILES string of the molecule is CC(C)(C)[C@@H](C(=O)N1C[C@H](O)C[C@H]1C(=O)NCC1CN(c2nncs2)CCO1)n1cc(C2CC2)nn1. The average molecular weight is 519 g/mol. The van der Waals surface area contributed by atoms with Gasteiger partial charge in [-0.25, -0.2) is 4.68 Å². The van der Waals surface area contributed by atoms with E-state index in [9.17, 15) is 14.7 Å². The average Bonchev–Trinajstić information content (AvgIpc) is 3.22. The van der Waals surface area contributed by atoms with Gasteiger partial charge in [-0.05, 0) is 18.3 Å². The Labute approximate surface area is 214 Å². The standard InChI is InChI=1S/C23H34N8O4S/c1-23(2,3)19(31-12-17(26-28-31)14-4-5-14)21(34)30-10-15(32)8-18(30)20(33)24-9-16-11-29(6-7-35-16)22-27-25-13-36-22/h12-16,18-19,32H,4-11H2,1-3H3,(H,24,33)/t15-,16?,18+,19-/m1/s1. The lowest BCUT2D eigenvalue weighted by molar-refractivity contribution is -0.144. The summed E-state index contributed by atoms with van der Waals surface area (Å²) in [5, 5.41) is 30.8. The molecule has 3 aliphatic rings. The van der Waals surface area contributed by atoms with Crippen molar-refractivity contribution >= 4 is 28.3 Å². The Balaban J connectivity index is 1.25. The molecule has 1 unspecified atom stereocenters. The summed E-state index contributed by atoms with van der Waals surface area (Å²) in [6.45, 7) is 8.17. The third-order valence-corrected chi connectivity index (χ3v) is 7.72. The zero-order chi connectivity index (χ0) is 25.4. The van der Waals surface area contributed by atoms with Crippen molar-refractivity contribution in [3.05, 3.63) is 17.4 Å². The van der Waals surface area contributed by atoms with Gasteiger partial charge in [0.1, 0.15) is 17.6 Å². The van der Waals surface area contributed by atoms with E-state index in [1.807, 2.05) is 27.0 Å². The first-order chi connectivity index (χ1) is 17.2. The van der Waals surface area contributed by atoms with Crippen LogP contribution in [-0.2, 0) is 14.3 Å². The molecular formula is C23H34N8O4S. The largest absolute Gasteiger partial charge is 0.391 e. The lowest BCUT2D eigenvalue weighted by Crippen LogP contribution is -2.53. The van der Waals surface area contributed by atoms with Gasteiger partial charge in [-0.1, -0.05) is 37.3 Å². The number of nitrogens with one attached hydrogen (secondary N) is 1. The minimum Gasteiger partial charge on any atom is -0.391 e. The number of anilines is 1. The fraction of sp³-hybridized carbons (Fsp3) is 0.739. The molecule has 2 aromatic heterocycles. The molecular weight excluding hydrogens is 484 g/mol. The number of amides is 2. The number of likely N-dealkylation sites (tertiary alicyclic amines) is 1. The van der Waals surface area contributed by atoms with Gasteiger partial charge < -0.3 is 25.0 Å². The molecule has 4 atom stereocenters. The lowest BCUT2D eigenvalue weighted by atomic mass is 9.85. The number of morpholine rings is 1. The number of aromatic nitrogens is 5. The van der Waals surface area contributed by atoms with Crippen LogP contribution in [-0.4, -0.2) is 98.0 Å². The summed E-state index contributed by atoms with van der Waals surface area (Å²) >= 11 is 1.47. The van der Waals surface area contributed by atoms with Gasteiger partial charge >= 0.3 is 0 Å². The summed E-state index contributed by atoms with van der Waals surface area (Å²) in [5.74, 6) is -0.101. The lowest BCUT2D eigenvalue weighted by Gasteiger charge is -2.35.